The van der Waals surface area contributed by atoms with E-state index < -0.39 is 0 Å². The zero-order valence-electron chi connectivity index (χ0n) is 12.5. The van der Waals surface area contributed by atoms with E-state index in [1.807, 2.05) is 31.2 Å². The van der Waals surface area contributed by atoms with Crippen molar-refractivity contribution in [1.29, 1.82) is 0 Å². The Morgan fingerprint density at radius 1 is 1.29 bits per heavy atom. The molecule has 1 aromatic rings. The Hall–Kier alpha value is -2.04. The fourth-order valence-corrected chi connectivity index (χ4v) is 2.32. The Morgan fingerprint density at radius 3 is 2.62 bits per heavy atom. The first kappa shape index (κ1) is 15.4. The number of anilines is 1. The summed E-state index contributed by atoms with van der Waals surface area (Å²) in [6.07, 6.45) is 1.17. The number of ether oxygens (including phenoxy) is 2. The van der Waals surface area contributed by atoms with Gasteiger partial charge in [0.2, 0.25) is 5.91 Å². The molecule has 1 aliphatic rings. The van der Waals surface area contributed by atoms with Gasteiger partial charge >= 0.3 is 5.97 Å². The Morgan fingerprint density at radius 2 is 2.00 bits per heavy atom. The van der Waals surface area contributed by atoms with Gasteiger partial charge in [0.05, 0.1) is 19.1 Å². The molecular weight excluding hydrogens is 270 g/mol. The first-order valence-electron chi connectivity index (χ1n) is 7.35. The zero-order valence-corrected chi connectivity index (χ0v) is 12.5. The summed E-state index contributed by atoms with van der Waals surface area (Å²) in [5.74, 6) is 0.0779. The second kappa shape index (κ2) is 7.11. The van der Waals surface area contributed by atoms with Crippen LogP contribution in [0, 0.1) is 5.92 Å². The molecular formula is C16H21NO4. The Kier molecular flexibility index (Phi) is 5.20. The molecule has 5 heteroatoms. The maximum absolute atomic E-state index is 12.0. The van der Waals surface area contributed by atoms with Crippen LogP contribution in [0.2, 0.25) is 0 Å². The summed E-state index contributed by atoms with van der Waals surface area (Å²) in [5.41, 5.74) is 0.788. The van der Waals surface area contributed by atoms with Gasteiger partial charge in [0, 0.05) is 18.7 Å². The Labute approximate surface area is 124 Å². The van der Waals surface area contributed by atoms with Gasteiger partial charge in [0.1, 0.15) is 5.75 Å². The number of benzene rings is 1. The van der Waals surface area contributed by atoms with Crippen molar-refractivity contribution in [2.75, 3.05) is 24.7 Å². The SMILES string of the molecule is CCCOc1ccc(N2C[C@H](C(=O)OCC)CC2=O)cc1. The molecule has 0 unspecified atom stereocenters. The molecule has 5 nitrogen and oxygen atoms in total. The molecule has 0 N–H and O–H groups in total. The van der Waals surface area contributed by atoms with Crippen molar-refractivity contribution >= 4 is 17.6 Å². The first-order valence-corrected chi connectivity index (χ1v) is 7.35. The van der Waals surface area contributed by atoms with Crippen LogP contribution in [-0.2, 0) is 14.3 Å². The quantitative estimate of drug-likeness (QED) is 0.755. The number of carbonyl (C=O) groups excluding carboxylic acids is 2. The minimum Gasteiger partial charge on any atom is -0.494 e. The van der Waals surface area contributed by atoms with Gasteiger partial charge in [-0.3, -0.25) is 9.59 Å². The third-order valence-electron chi connectivity index (χ3n) is 3.37. The van der Waals surface area contributed by atoms with Crippen molar-refractivity contribution in [3.8, 4) is 5.75 Å². The molecule has 0 radical (unpaired) electrons. The third-order valence-corrected chi connectivity index (χ3v) is 3.37. The topological polar surface area (TPSA) is 55.8 Å². The molecule has 1 fully saturated rings. The van der Waals surface area contributed by atoms with Gasteiger partial charge in [0.25, 0.3) is 0 Å². The highest BCUT2D eigenvalue weighted by atomic mass is 16.5. The van der Waals surface area contributed by atoms with E-state index in [1.165, 1.54) is 0 Å². The number of rotatable bonds is 6. The van der Waals surface area contributed by atoms with Crippen LogP contribution in [-0.4, -0.2) is 31.6 Å². The van der Waals surface area contributed by atoms with Crippen molar-refractivity contribution in [3.63, 3.8) is 0 Å². The lowest BCUT2D eigenvalue weighted by atomic mass is 10.1. The fraction of sp³-hybridized carbons (Fsp3) is 0.500. The van der Waals surface area contributed by atoms with Crippen molar-refractivity contribution in [2.45, 2.75) is 26.7 Å². The second-order valence-corrected chi connectivity index (χ2v) is 5.00. The van der Waals surface area contributed by atoms with Crippen LogP contribution in [0.4, 0.5) is 5.69 Å². The number of hydrogen-bond donors (Lipinski definition) is 0. The molecule has 0 spiro atoms. The van der Waals surface area contributed by atoms with Gasteiger partial charge in [0.15, 0.2) is 0 Å². The van der Waals surface area contributed by atoms with Crippen LogP contribution >= 0.6 is 0 Å². The van der Waals surface area contributed by atoms with Crippen molar-refractivity contribution in [2.24, 2.45) is 5.92 Å². The van der Waals surface area contributed by atoms with Gasteiger partial charge < -0.3 is 14.4 Å². The van der Waals surface area contributed by atoms with E-state index in [-0.39, 0.29) is 24.2 Å². The summed E-state index contributed by atoms with van der Waals surface area (Å²) in [5, 5.41) is 0. The van der Waals surface area contributed by atoms with Crippen LogP contribution in [0.5, 0.6) is 5.75 Å². The highest BCUT2D eigenvalue weighted by Gasteiger charge is 2.35. The smallest absolute Gasteiger partial charge is 0.311 e. The highest BCUT2D eigenvalue weighted by molar-refractivity contribution is 5.99. The molecule has 1 saturated heterocycles. The predicted octanol–water partition coefficient (Wildman–Crippen LogP) is 2.39. The molecule has 0 bridgehead atoms. The molecule has 0 saturated carbocycles. The summed E-state index contributed by atoms with van der Waals surface area (Å²) in [4.78, 5) is 25.4. The maximum atomic E-state index is 12.0. The van der Waals surface area contributed by atoms with Crippen LogP contribution in [0.15, 0.2) is 24.3 Å². The fourth-order valence-electron chi connectivity index (χ4n) is 2.32. The summed E-state index contributed by atoms with van der Waals surface area (Å²) in [6, 6.07) is 7.37. The summed E-state index contributed by atoms with van der Waals surface area (Å²) in [7, 11) is 0. The molecule has 114 valence electrons. The van der Waals surface area contributed by atoms with E-state index in [2.05, 4.69) is 0 Å². The lowest BCUT2D eigenvalue weighted by Gasteiger charge is -2.17. The Balaban J connectivity index is 2.01. The number of amides is 1. The normalized spacial score (nSPS) is 17.9. The lowest BCUT2D eigenvalue weighted by molar-refractivity contribution is -0.147. The zero-order chi connectivity index (χ0) is 15.2. The molecule has 0 aliphatic carbocycles. The summed E-state index contributed by atoms with van der Waals surface area (Å²) in [6.45, 7) is 5.21. The van der Waals surface area contributed by atoms with E-state index >= 15 is 0 Å². The van der Waals surface area contributed by atoms with E-state index in [0.717, 1.165) is 17.9 Å². The first-order chi connectivity index (χ1) is 10.2. The van der Waals surface area contributed by atoms with Gasteiger partial charge in [-0.1, -0.05) is 6.92 Å². The summed E-state index contributed by atoms with van der Waals surface area (Å²) >= 11 is 0. The van der Waals surface area contributed by atoms with Crippen molar-refractivity contribution in [1.82, 2.24) is 0 Å². The van der Waals surface area contributed by atoms with Gasteiger partial charge in [-0.15, -0.1) is 0 Å². The van der Waals surface area contributed by atoms with Crippen molar-refractivity contribution < 1.29 is 19.1 Å². The van der Waals surface area contributed by atoms with Crippen LogP contribution in [0.3, 0.4) is 0 Å². The van der Waals surface area contributed by atoms with Gasteiger partial charge in [-0.25, -0.2) is 0 Å². The maximum Gasteiger partial charge on any atom is 0.311 e. The van der Waals surface area contributed by atoms with Gasteiger partial charge in [-0.05, 0) is 37.6 Å². The molecule has 1 amide bonds. The van der Waals surface area contributed by atoms with E-state index in [4.69, 9.17) is 9.47 Å². The Bertz CT molecular complexity index is 498. The number of esters is 1. The van der Waals surface area contributed by atoms with E-state index in [0.29, 0.717) is 19.8 Å². The number of nitrogens with zero attached hydrogens (tertiary/aromatic N) is 1. The van der Waals surface area contributed by atoms with E-state index in [9.17, 15) is 9.59 Å². The molecule has 1 atom stereocenters. The highest BCUT2D eigenvalue weighted by Crippen LogP contribution is 2.27. The minimum absolute atomic E-state index is 0.0460. The van der Waals surface area contributed by atoms with Crippen LogP contribution in [0.25, 0.3) is 0 Å². The molecule has 1 aliphatic heterocycles. The van der Waals surface area contributed by atoms with Crippen LogP contribution < -0.4 is 9.64 Å². The van der Waals surface area contributed by atoms with Gasteiger partial charge in [-0.2, -0.15) is 0 Å². The summed E-state index contributed by atoms with van der Waals surface area (Å²) < 4.78 is 10.5. The monoisotopic (exact) mass is 291 g/mol. The second-order valence-electron chi connectivity index (χ2n) is 5.00. The minimum atomic E-state index is -0.367. The lowest BCUT2D eigenvalue weighted by Crippen LogP contribution is -2.26. The molecule has 2 rings (SSSR count). The average molecular weight is 291 g/mol. The molecule has 1 aromatic carbocycles. The number of hydrogen-bond acceptors (Lipinski definition) is 4. The largest absolute Gasteiger partial charge is 0.494 e. The molecule has 21 heavy (non-hydrogen) atoms. The third kappa shape index (κ3) is 3.74. The average Bonchev–Trinajstić information content (AvgIpc) is 2.88. The van der Waals surface area contributed by atoms with Crippen molar-refractivity contribution in [3.05, 3.63) is 24.3 Å². The van der Waals surface area contributed by atoms with Crippen LogP contribution in [0.1, 0.15) is 26.7 Å². The predicted molar refractivity (Wildman–Crippen MR) is 79.3 cm³/mol. The molecule has 0 aromatic heterocycles. The number of carbonyl (C=O) groups is 2. The standard InChI is InChI=1S/C16H21NO4/c1-3-9-21-14-7-5-13(6-8-14)17-11-12(10-15(17)18)16(19)20-4-2/h5-8,12H,3-4,9-11H2,1-2H3/t12-/m1/s1. The van der Waals surface area contributed by atoms with E-state index in [1.54, 1.807) is 11.8 Å². The molecule has 1 heterocycles.